The maximum atomic E-state index is 13.2. The Labute approximate surface area is 182 Å². The molecule has 0 aliphatic carbocycles. The molecule has 0 aliphatic heterocycles. The lowest BCUT2D eigenvalue weighted by molar-refractivity contribution is -0.119. The molecule has 0 spiro atoms. The molecular formula is C21H21N5O4S. The van der Waals surface area contributed by atoms with E-state index in [0.717, 1.165) is 17.1 Å². The van der Waals surface area contributed by atoms with Crippen molar-refractivity contribution in [3.63, 3.8) is 0 Å². The molecule has 5 N–H and O–H groups in total. The van der Waals surface area contributed by atoms with Gasteiger partial charge in [-0.1, -0.05) is 30.3 Å². The van der Waals surface area contributed by atoms with Crippen LogP contribution in [0.5, 0.6) is 5.75 Å². The first-order valence-electron chi connectivity index (χ1n) is 9.22. The van der Waals surface area contributed by atoms with Gasteiger partial charge in [-0.25, -0.2) is 0 Å². The average Bonchev–Trinajstić information content (AvgIpc) is 3.18. The Hall–Kier alpha value is -3.92. The minimum absolute atomic E-state index is 0.0282. The second-order valence-corrected chi connectivity index (χ2v) is 7.26. The van der Waals surface area contributed by atoms with Crippen LogP contribution in [-0.2, 0) is 11.3 Å². The number of carbonyl (C=O) groups is 3. The summed E-state index contributed by atoms with van der Waals surface area (Å²) in [5, 5.41) is 2.79. The molecule has 1 aromatic heterocycles. The Morgan fingerprint density at radius 3 is 2.35 bits per heavy atom. The molecule has 0 saturated carbocycles. The van der Waals surface area contributed by atoms with Crippen molar-refractivity contribution in [1.82, 2.24) is 9.69 Å². The maximum absolute atomic E-state index is 13.2. The highest BCUT2D eigenvalue weighted by Crippen LogP contribution is 2.27. The van der Waals surface area contributed by atoms with Crippen molar-refractivity contribution in [2.75, 3.05) is 24.3 Å². The largest absolute Gasteiger partial charge is 0.497 e. The SMILES string of the molecule is COc1ccc(N(CC(=O)NCc2ccccc2)C(=O)c2snc(C(N)=O)c2N)cc1. The Morgan fingerprint density at radius 2 is 1.77 bits per heavy atom. The van der Waals surface area contributed by atoms with Gasteiger partial charge in [0.15, 0.2) is 5.69 Å². The van der Waals surface area contributed by atoms with Gasteiger partial charge in [-0.3, -0.25) is 19.3 Å². The van der Waals surface area contributed by atoms with Gasteiger partial charge in [0.05, 0.1) is 12.8 Å². The van der Waals surface area contributed by atoms with Gasteiger partial charge in [0.25, 0.3) is 11.8 Å². The summed E-state index contributed by atoms with van der Waals surface area (Å²) < 4.78 is 9.02. The van der Waals surface area contributed by atoms with Gasteiger partial charge in [0.2, 0.25) is 5.91 Å². The lowest BCUT2D eigenvalue weighted by atomic mass is 10.2. The summed E-state index contributed by atoms with van der Waals surface area (Å²) >= 11 is 0.757. The molecular weight excluding hydrogens is 418 g/mol. The van der Waals surface area contributed by atoms with Gasteiger partial charge in [-0.2, -0.15) is 4.37 Å². The molecule has 31 heavy (non-hydrogen) atoms. The molecule has 0 bridgehead atoms. The molecule has 0 unspecified atom stereocenters. The molecule has 0 saturated heterocycles. The smallest absolute Gasteiger partial charge is 0.272 e. The van der Waals surface area contributed by atoms with E-state index in [2.05, 4.69) is 9.69 Å². The molecule has 3 rings (SSSR count). The van der Waals surface area contributed by atoms with Crippen LogP contribution >= 0.6 is 11.5 Å². The van der Waals surface area contributed by atoms with Gasteiger partial charge in [0, 0.05) is 12.2 Å². The quantitative estimate of drug-likeness (QED) is 0.489. The summed E-state index contributed by atoms with van der Waals surface area (Å²) in [4.78, 5) is 38.6. The Kier molecular flexibility index (Phi) is 6.83. The Bertz CT molecular complexity index is 1080. The fraction of sp³-hybridized carbons (Fsp3) is 0.143. The third-order valence-electron chi connectivity index (χ3n) is 4.42. The standard InChI is InChI=1S/C21H21N5O4S/c1-30-15-9-7-14(8-10-15)26(12-16(27)24-11-13-5-3-2-4-6-13)21(29)19-17(22)18(20(23)28)25-31-19/h2-10H,11-12,22H2,1H3,(H2,23,28)(H,24,27). The summed E-state index contributed by atoms with van der Waals surface area (Å²) in [6.45, 7) is 0.0556. The molecule has 10 heteroatoms. The van der Waals surface area contributed by atoms with Crippen LogP contribution in [0.2, 0.25) is 0 Å². The second kappa shape index (κ2) is 9.72. The van der Waals surface area contributed by atoms with E-state index >= 15 is 0 Å². The second-order valence-electron chi connectivity index (χ2n) is 6.49. The van der Waals surface area contributed by atoms with Gasteiger partial charge in [-0.15, -0.1) is 0 Å². The summed E-state index contributed by atoms with van der Waals surface area (Å²) in [7, 11) is 1.53. The third kappa shape index (κ3) is 5.17. The number of aromatic nitrogens is 1. The van der Waals surface area contributed by atoms with Gasteiger partial charge < -0.3 is 21.5 Å². The van der Waals surface area contributed by atoms with Crippen LogP contribution in [0.15, 0.2) is 54.6 Å². The number of nitrogen functional groups attached to an aromatic ring is 1. The molecule has 160 valence electrons. The lowest BCUT2D eigenvalue weighted by Crippen LogP contribution is -2.40. The first kappa shape index (κ1) is 21.8. The van der Waals surface area contributed by atoms with Crippen molar-refractivity contribution in [2.24, 2.45) is 5.73 Å². The maximum Gasteiger partial charge on any atom is 0.272 e. The fourth-order valence-corrected chi connectivity index (χ4v) is 3.54. The van der Waals surface area contributed by atoms with Crippen LogP contribution in [0.1, 0.15) is 25.7 Å². The number of anilines is 2. The highest BCUT2D eigenvalue weighted by atomic mass is 32.1. The summed E-state index contributed by atoms with van der Waals surface area (Å²) in [5.74, 6) is -1.17. The number of ether oxygens (including phenoxy) is 1. The molecule has 9 nitrogen and oxygen atoms in total. The van der Waals surface area contributed by atoms with E-state index < -0.39 is 11.8 Å². The van der Waals surface area contributed by atoms with Crippen molar-refractivity contribution in [2.45, 2.75) is 6.54 Å². The number of hydrogen-bond acceptors (Lipinski definition) is 7. The van der Waals surface area contributed by atoms with Crippen LogP contribution in [0, 0.1) is 0 Å². The molecule has 3 aromatic rings. The third-order valence-corrected chi connectivity index (χ3v) is 5.27. The highest BCUT2D eigenvalue weighted by molar-refractivity contribution is 7.09. The van der Waals surface area contributed by atoms with Crippen LogP contribution in [-0.4, -0.2) is 35.7 Å². The number of amides is 3. The Balaban J connectivity index is 1.84. The minimum atomic E-state index is -0.829. The van der Waals surface area contributed by atoms with Crippen molar-refractivity contribution in [3.8, 4) is 5.75 Å². The molecule has 0 fully saturated rings. The lowest BCUT2D eigenvalue weighted by Gasteiger charge is -2.22. The average molecular weight is 439 g/mol. The van der Waals surface area contributed by atoms with E-state index in [1.54, 1.807) is 24.3 Å². The first-order chi connectivity index (χ1) is 14.9. The fourth-order valence-electron chi connectivity index (χ4n) is 2.79. The summed E-state index contributed by atoms with van der Waals surface area (Å²) in [5.41, 5.74) is 12.3. The van der Waals surface area contributed by atoms with Crippen molar-refractivity contribution in [1.29, 1.82) is 0 Å². The zero-order valence-corrected chi connectivity index (χ0v) is 17.5. The molecule has 3 amide bonds. The van der Waals surface area contributed by atoms with Gasteiger partial charge in [-0.05, 0) is 41.4 Å². The molecule has 0 atom stereocenters. The number of nitrogens with two attached hydrogens (primary N) is 2. The predicted molar refractivity (Wildman–Crippen MR) is 118 cm³/mol. The number of hydrogen-bond donors (Lipinski definition) is 3. The number of benzene rings is 2. The number of rotatable bonds is 8. The van der Waals surface area contributed by atoms with E-state index in [-0.39, 0.29) is 28.7 Å². The van der Waals surface area contributed by atoms with Gasteiger partial charge in [0.1, 0.15) is 17.2 Å². The number of primary amides is 1. The number of nitrogens with zero attached hydrogens (tertiary/aromatic N) is 2. The summed E-state index contributed by atoms with van der Waals surface area (Å²) in [6, 6.07) is 16.0. The van der Waals surface area contributed by atoms with Gasteiger partial charge >= 0.3 is 0 Å². The van der Waals surface area contributed by atoms with Crippen molar-refractivity contribution in [3.05, 3.63) is 70.7 Å². The normalized spacial score (nSPS) is 10.4. The van der Waals surface area contributed by atoms with Crippen LogP contribution in [0.4, 0.5) is 11.4 Å². The predicted octanol–water partition coefficient (Wildman–Crippen LogP) is 1.80. The number of methoxy groups -OCH3 is 1. The van der Waals surface area contributed by atoms with Crippen molar-refractivity contribution < 1.29 is 19.1 Å². The number of carbonyl (C=O) groups excluding carboxylic acids is 3. The first-order valence-corrected chi connectivity index (χ1v) is 9.99. The van der Waals surface area contributed by atoms with E-state index in [0.29, 0.717) is 18.0 Å². The van der Waals surface area contributed by atoms with Crippen molar-refractivity contribution >= 4 is 40.6 Å². The van der Waals surface area contributed by atoms with Crippen LogP contribution in [0.25, 0.3) is 0 Å². The number of nitrogens with one attached hydrogen (secondary N) is 1. The Morgan fingerprint density at radius 1 is 1.10 bits per heavy atom. The summed E-state index contributed by atoms with van der Waals surface area (Å²) in [6.07, 6.45) is 0. The van der Waals surface area contributed by atoms with E-state index in [1.165, 1.54) is 12.0 Å². The topological polar surface area (TPSA) is 141 Å². The molecule has 0 aliphatic rings. The molecule has 0 radical (unpaired) electrons. The zero-order valence-electron chi connectivity index (χ0n) is 16.7. The molecule has 1 heterocycles. The minimum Gasteiger partial charge on any atom is -0.497 e. The monoisotopic (exact) mass is 439 g/mol. The zero-order chi connectivity index (χ0) is 22.4. The highest BCUT2D eigenvalue weighted by Gasteiger charge is 2.27. The molecule has 2 aromatic carbocycles. The van der Waals surface area contributed by atoms with Crippen LogP contribution in [0.3, 0.4) is 0 Å². The van der Waals surface area contributed by atoms with E-state index in [9.17, 15) is 14.4 Å². The van der Waals surface area contributed by atoms with Crippen LogP contribution < -0.4 is 26.4 Å². The van der Waals surface area contributed by atoms with E-state index in [1.807, 2.05) is 30.3 Å². The van der Waals surface area contributed by atoms with E-state index in [4.69, 9.17) is 16.2 Å².